The minimum Gasteiger partial charge on any atom is -0.207 e. The summed E-state index contributed by atoms with van der Waals surface area (Å²) in [6.45, 7) is 1.97. The Labute approximate surface area is 53.2 Å². The van der Waals surface area contributed by atoms with E-state index >= 15 is 0 Å². The van der Waals surface area contributed by atoms with Crippen molar-refractivity contribution in [3.8, 4) is 0 Å². The van der Waals surface area contributed by atoms with Crippen LogP contribution in [0.1, 0.15) is 26.2 Å². The van der Waals surface area contributed by atoms with Crippen LogP contribution >= 0.6 is 0 Å². The van der Waals surface area contributed by atoms with Gasteiger partial charge in [0.25, 0.3) is 0 Å². The van der Waals surface area contributed by atoms with Gasteiger partial charge in [0.2, 0.25) is 5.92 Å². The van der Waals surface area contributed by atoms with Gasteiger partial charge in [0.1, 0.15) is 0 Å². The number of halogens is 2. The Hall–Kier alpha value is -0.140. The molecule has 0 spiro atoms. The Morgan fingerprint density at radius 1 is 1.33 bits per heavy atom. The quantitative estimate of drug-likeness (QED) is 0.475. The minimum absolute atomic E-state index is 0.0451. The second-order valence-electron chi connectivity index (χ2n) is 3.79. The predicted octanol–water partition coefficient (Wildman–Crippen LogP) is 2.44. The lowest BCUT2D eigenvalue weighted by molar-refractivity contribution is -0.00890. The van der Waals surface area contributed by atoms with Crippen LogP contribution in [0, 0.1) is 11.3 Å². The third-order valence-electron chi connectivity index (χ3n) is 2.75. The number of alkyl halides is 2. The zero-order chi connectivity index (χ0) is 6.70. The molecule has 2 atom stereocenters. The number of hydrogen-bond acceptors (Lipinski definition) is 0. The summed E-state index contributed by atoms with van der Waals surface area (Å²) in [4.78, 5) is 0. The van der Waals surface area contributed by atoms with E-state index < -0.39 is 5.92 Å². The van der Waals surface area contributed by atoms with Crippen molar-refractivity contribution in [1.82, 2.24) is 0 Å². The molecule has 0 radical (unpaired) electrons. The molecule has 2 saturated carbocycles. The van der Waals surface area contributed by atoms with Crippen molar-refractivity contribution in [2.24, 2.45) is 11.3 Å². The van der Waals surface area contributed by atoms with Crippen LogP contribution in [0.15, 0.2) is 0 Å². The summed E-state index contributed by atoms with van der Waals surface area (Å²) in [5, 5.41) is 0. The van der Waals surface area contributed by atoms with Gasteiger partial charge in [0.15, 0.2) is 0 Å². The average molecular weight is 132 g/mol. The van der Waals surface area contributed by atoms with Crippen molar-refractivity contribution in [2.75, 3.05) is 0 Å². The highest BCUT2D eigenvalue weighted by atomic mass is 19.3. The first-order chi connectivity index (χ1) is 4.02. The topological polar surface area (TPSA) is 0 Å². The summed E-state index contributed by atoms with van der Waals surface area (Å²) in [5.74, 6) is -1.97. The first-order valence-corrected chi connectivity index (χ1v) is 3.40. The lowest BCUT2D eigenvalue weighted by Crippen LogP contribution is -2.13. The fourth-order valence-electron chi connectivity index (χ4n) is 2.06. The molecule has 0 aromatic heterocycles. The SMILES string of the molecule is CC12CC1CC(F)(F)C2. The normalized spacial score (nSPS) is 53.0. The molecule has 2 rings (SSSR count). The average Bonchev–Trinajstić information content (AvgIpc) is 2.03. The van der Waals surface area contributed by atoms with Crippen LogP contribution in [-0.4, -0.2) is 5.92 Å². The van der Waals surface area contributed by atoms with E-state index in [1.54, 1.807) is 0 Å². The van der Waals surface area contributed by atoms with Crippen molar-refractivity contribution >= 4 is 0 Å². The molecule has 0 heterocycles. The monoisotopic (exact) mass is 132 g/mol. The van der Waals surface area contributed by atoms with Crippen molar-refractivity contribution in [3.05, 3.63) is 0 Å². The summed E-state index contributed by atoms with van der Waals surface area (Å²) >= 11 is 0. The van der Waals surface area contributed by atoms with Gasteiger partial charge in [-0.2, -0.15) is 0 Å². The Morgan fingerprint density at radius 3 is 2.22 bits per heavy atom. The molecule has 9 heavy (non-hydrogen) atoms. The molecule has 0 N–H and O–H groups in total. The van der Waals surface area contributed by atoms with Crippen molar-refractivity contribution in [3.63, 3.8) is 0 Å². The summed E-state index contributed by atoms with van der Waals surface area (Å²) in [6, 6.07) is 0. The van der Waals surface area contributed by atoms with Crippen LogP contribution in [-0.2, 0) is 0 Å². The molecule has 2 fully saturated rings. The summed E-state index contributed by atoms with van der Waals surface area (Å²) in [6.07, 6.45) is 1.34. The first-order valence-electron chi connectivity index (χ1n) is 3.40. The van der Waals surface area contributed by atoms with Gasteiger partial charge in [-0.05, 0) is 17.8 Å². The van der Waals surface area contributed by atoms with E-state index in [0.29, 0.717) is 5.92 Å². The van der Waals surface area contributed by atoms with Gasteiger partial charge in [-0.3, -0.25) is 0 Å². The molecule has 0 aliphatic heterocycles. The van der Waals surface area contributed by atoms with Gasteiger partial charge >= 0.3 is 0 Å². The van der Waals surface area contributed by atoms with E-state index in [9.17, 15) is 8.78 Å². The lowest BCUT2D eigenvalue weighted by Gasteiger charge is -2.10. The number of rotatable bonds is 0. The van der Waals surface area contributed by atoms with Crippen LogP contribution in [0.5, 0.6) is 0 Å². The molecule has 0 amide bonds. The van der Waals surface area contributed by atoms with Crippen molar-refractivity contribution in [1.29, 1.82) is 0 Å². The summed E-state index contributed by atoms with van der Waals surface area (Å²) < 4.78 is 24.9. The van der Waals surface area contributed by atoms with E-state index in [-0.39, 0.29) is 18.3 Å². The zero-order valence-corrected chi connectivity index (χ0v) is 5.45. The van der Waals surface area contributed by atoms with Crippen molar-refractivity contribution in [2.45, 2.75) is 32.1 Å². The number of hydrogen-bond donors (Lipinski definition) is 0. The minimum atomic E-state index is -2.32. The summed E-state index contributed by atoms with van der Waals surface area (Å²) in [7, 11) is 0. The van der Waals surface area contributed by atoms with E-state index in [2.05, 4.69) is 0 Å². The van der Waals surface area contributed by atoms with Gasteiger partial charge in [0.05, 0.1) is 0 Å². The maximum absolute atomic E-state index is 12.5. The van der Waals surface area contributed by atoms with Gasteiger partial charge in [0, 0.05) is 12.8 Å². The largest absolute Gasteiger partial charge is 0.249 e. The predicted molar refractivity (Wildman–Crippen MR) is 30.4 cm³/mol. The van der Waals surface area contributed by atoms with Crippen molar-refractivity contribution < 1.29 is 8.78 Å². The van der Waals surface area contributed by atoms with Crippen LogP contribution < -0.4 is 0 Å². The lowest BCUT2D eigenvalue weighted by atomic mass is 10.1. The molecule has 2 aliphatic rings. The molecule has 0 aromatic rings. The van der Waals surface area contributed by atoms with E-state index in [1.165, 1.54) is 0 Å². The molecular weight excluding hydrogens is 122 g/mol. The van der Waals surface area contributed by atoms with Crippen LogP contribution in [0.25, 0.3) is 0 Å². The Kier molecular flexibility index (Phi) is 0.725. The Morgan fingerprint density at radius 2 is 2.00 bits per heavy atom. The molecule has 2 aliphatic carbocycles. The highest BCUT2D eigenvalue weighted by Gasteiger charge is 2.63. The van der Waals surface area contributed by atoms with E-state index in [0.717, 1.165) is 6.42 Å². The Balaban J connectivity index is 2.14. The first kappa shape index (κ1) is 5.63. The van der Waals surface area contributed by atoms with Crippen LogP contribution in [0.2, 0.25) is 0 Å². The molecule has 0 aromatic carbocycles. The molecule has 52 valence electrons. The fourth-order valence-corrected chi connectivity index (χ4v) is 2.06. The molecular formula is C7H10F2. The molecule has 2 unspecified atom stereocenters. The molecule has 2 heteroatoms. The van der Waals surface area contributed by atoms with Crippen LogP contribution in [0.3, 0.4) is 0 Å². The molecule has 0 saturated heterocycles. The third kappa shape index (κ3) is 0.684. The van der Waals surface area contributed by atoms with Gasteiger partial charge in [-0.25, -0.2) is 8.78 Å². The Bertz CT molecular complexity index is 150. The van der Waals surface area contributed by atoms with Gasteiger partial charge in [-0.1, -0.05) is 6.92 Å². The number of fused-ring (bicyclic) bond motifs is 1. The summed E-state index contributed by atoms with van der Waals surface area (Å²) in [5.41, 5.74) is 0.0451. The molecule has 0 bridgehead atoms. The van der Waals surface area contributed by atoms with Gasteiger partial charge < -0.3 is 0 Å². The maximum atomic E-state index is 12.5. The fraction of sp³-hybridized carbons (Fsp3) is 1.00. The standard InChI is InChI=1S/C7H10F2/c1-6-2-5(6)3-7(8,9)4-6/h5H,2-4H2,1H3. The van der Waals surface area contributed by atoms with Crippen LogP contribution in [0.4, 0.5) is 8.78 Å². The second-order valence-corrected chi connectivity index (χ2v) is 3.79. The third-order valence-corrected chi connectivity index (χ3v) is 2.75. The van der Waals surface area contributed by atoms with E-state index in [4.69, 9.17) is 0 Å². The highest BCUT2D eigenvalue weighted by Crippen LogP contribution is 2.67. The zero-order valence-electron chi connectivity index (χ0n) is 5.45. The second kappa shape index (κ2) is 1.16. The van der Waals surface area contributed by atoms with Gasteiger partial charge in [-0.15, -0.1) is 0 Å². The highest BCUT2D eigenvalue weighted by molar-refractivity contribution is 5.09. The molecule has 0 nitrogen and oxygen atoms in total. The smallest absolute Gasteiger partial charge is 0.207 e. The van der Waals surface area contributed by atoms with E-state index in [1.807, 2.05) is 6.92 Å². The maximum Gasteiger partial charge on any atom is 0.249 e.